The van der Waals surface area contributed by atoms with Crippen LogP contribution in [0.25, 0.3) is 5.69 Å². The van der Waals surface area contributed by atoms with Crippen LogP contribution in [0.1, 0.15) is 32.7 Å². The Kier molecular flexibility index (Phi) is 8.85. The van der Waals surface area contributed by atoms with Gasteiger partial charge in [-0.2, -0.15) is 13.2 Å². The molecule has 1 fully saturated rings. The minimum Gasteiger partial charge on any atom is -0.480 e. The van der Waals surface area contributed by atoms with Crippen molar-refractivity contribution in [2.45, 2.75) is 44.6 Å². The second-order valence-corrected chi connectivity index (χ2v) is 10.9. The van der Waals surface area contributed by atoms with Gasteiger partial charge in [0.05, 0.1) is 43.2 Å². The van der Waals surface area contributed by atoms with Gasteiger partial charge in [-0.05, 0) is 42.3 Å². The van der Waals surface area contributed by atoms with Gasteiger partial charge in [-0.3, -0.25) is 14.2 Å². The number of benzene rings is 2. The number of amides is 1. The van der Waals surface area contributed by atoms with E-state index in [1.807, 2.05) is 0 Å². The Morgan fingerprint density at radius 1 is 1.09 bits per heavy atom. The molecule has 1 unspecified atom stereocenters. The lowest BCUT2D eigenvalue weighted by atomic mass is 10.0. The van der Waals surface area contributed by atoms with Gasteiger partial charge in [0.25, 0.3) is 11.5 Å². The van der Waals surface area contributed by atoms with Gasteiger partial charge in [-0.1, -0.05) is 12.1 Å². The van der Waals surface area contributed by atoms with Crippen molar-refractivity contribution in [3.63, 3.8) is 0 Å². The molecule has 2 aliphatic rings. The molecule has 1 amide bonds. The van der Waals surface area contributed by atoms with Gasteiger partial charge in [0.15, 0.2) is 0 Å². The molecule has 2 aliphatic heterocycles. The molecule has 0 saturated carbocycles. The summed E-state index contributed by atoms with van der Waals surface area (Å²) in [5, 5.41) is 12.1. The predicted molar refractivity (Wildman–Crippen MR) is 152 cm³/mol. The summed E-state index contributed by atoms with van der Waals surface area (Å²) < 4.78 is 68.5. The molecular weight excluding hydrogens is 604 g/mol. The van der Waals surface area contributed by atoms with Crippen molar-refractivity contribution in [2.24, 2.45) is 7.05 Å². The number of carboxylic acids is 1. The smallest absolute Gasteiger partial charge is 0.411 e. The number of morpholine rings is 1. The van der Waals surface area contributed by atoms with Crippen LogP contribution >= 0.6 is 0 Å². The van der Waals surface area contributed by atoms with Crippen LogP contribution in [-0.4, -0.2) is 70.7 Å². The Labute approximate surface area is 253 Å². The first-order valence-corrected chi connectivity index (χ1v) is 14.0. The summed E-state index contributed by atoms with van der Waals surface area (Å²) in [6.45, 7) is 1.06. The molecule has 1 aromatic heterocycles. The van der Waals surface area contributed by atoms with Crippen molar-refractivity contribution in [1.82, 2.24) is 14.5 Å². The number of fused-ring (bicyclic) bond motifs is 1. The van der Waals surface area contributed by atoms with Gasteiger partial charge in [-0.25, -0.2) is 18.5 Å². The molecule has 2 atom stereocenters. The van der Waals surface area contributed by atoms with Crippen LogP contribution in [0.2, 0.25) is 0 Å². The first kappa shape index (κ1) is 31.9. The Morgan fingerprint density at radius 3 is 2.44 bits per heavy atom. The highest BCUT2D eigenvalue weighted by molar-refractivity contribution is 5.98. The topological polar surface area (TPSA) is 132 Å². The van der Waals surface area contributed by atoms with E-state index >= 15 is 4.39 Å². The highest BCUT2D eigenvalue weighted by Gasteiger charge is 2.45. The number of rotatable bonds is 7. The minimum atomic E-state index is -4.63. The van der Waals surface area contributed by atoms with Crippen molar-refractivity contribution in [3.8, 4) is 5.69 Å². The standard InChI is InChI=1S/C30H30F4N4O7/c1-16-11-19(37-8-10-45-15-24(37)30(32,33)34)13-21(31)25(16)26(39)35-22(28(41)42)12-17-3-5-18(6-4-17)38-27(40)20-14-44-9-7-23(20)36(2)29(38)43/h3-6,11,13,22,24H,7-10,12,14-15H2,1-2H3,(H,35,39)(H,41,42)/t22?,24-/m1/s1. The maximum Gasteiger partial charge on any atom is 0.411 e. The van der Waals surface area contributed by atoms with E-state index in [9.17, 15) is 37.5 Å². The molecule has 2 aromatic carbocycles. The quantitative estimate of drug-likeness (QED) is 0.379. The third-order valence-electron chi connectivity index (χ3n) is 8.00. The highest BCUT2D eigenvalue weighted by atomic mass is 19.4. The summed E-state index contributed by atoms with van der Waals surface area (Å²) in [5.74, 6) is -3.57. The summed E-state index contributed by atoms with van der Waals surface area (Å²) in [6.07, 6.45) is -4.43. The third kappa shape index (κ3) is 6.35. The van der Waals surface area contributed by atoms with Crippen molar-refractivity contribution in [3.05, 3.63) is 91.0 Å². The molecule has 3 heterocycles. The minimum absolute atomic E-state index is 0.00637. The van der Waals surface area contributed by atoms with Gasteiger partial charge >= 0.3 is 17.8 Å². The zero-order valence-corrected chi connectivity index (χ0v) is 24.3. The largest absolute Gasteiger partial charge is 0.480 e. The van der Waals surface area contributed by atoms with Crippen molar-refractivity contribution >= 4 is 17.6 Å². The van der Waals surface area contributed by atoms with Crippen LogP contribution in [0.5, 0.6) is 0 Å². The second kappa shape index (κ2) is 12.5. The lowest BCUT2D eigenvalue weighted by Gasteiger charge is -2.38. The first-order chi connectivity index (χ1) is 21.3. The van der Waals surface area contributed by atoms with Crippen molar-refractivity contribution in [2.75, 3.05) is 31.3 Å². The van der Waals surface area contributed by atoms with Crippen LogP contribution in [0.4, 0.5) is 23.2 Å². The monoisotopic (exact) mass is 634 g/mol. The Bertz CT molecular complexity index is 1730. The number of hydrogen-bond acceptors (Lipinski definition) is 7. The molecule has 3 aromatic rings. The second-order valence-electron chi connectivity index (χ2n) is 10.9. The molecule has 0 aliphatic carbocycles. The molecule has 15 heteroatoms. The number of aliphatic carboxylic acids is 1. The number of nitrogens with zero attached hydrogens (tertiary/aromatic N) is 3. The zero-order chi connectivity index (χ0) is 32.6. The fourth-order valence-corrected chi connectivity index (χ4v) is 5.66. The van der Waals surface area contributed by atoms with E-state index in [1.165, 1.54) is 41.8 Å². The number of halogens is 4. The molecule has 2 N–H and O–H groups in total. The van der Waals surface area contributed by atoms with Crippen LogP contribution in [0.3, 0.4) is 0 Å². The number of anilines is 1. The van der Waals surface area contributed by atoms with Gasteiger partial charge < -0.3 is 24.8 Å². The van der Waals surface area contributed by atoms with E-state index in [2.05, 4.69) is 5.32 Å². The van der Waals surface area contributed by atoms with Crippen LogP contribution in [0, 0.1) is 12.7 Å². The average Bonchev–Trinajstić information content (AvgIpc) is 2.99. The molecule has 240 valence electrons. The molecule has 5 rings (SSSR count). The van der Waals surface area contributed by atoms with Crippen LogP contribution < -0.4 is 21.5 Å². The highest BCUT2D eigenvalue weighted by Crippen LogP contribution is 2.33. The number of carbonyl (C=O) groups is 2. The maximum atomic E-state index is 15.2. The first-order valence-electron chi connectivity index (χ1n) is 14.0. The number of ether oxygens (including phenoxy) is 2. The number of aryl methyl sites for hydroxylation is 1. The lowest BCUT2D eigenvalue weighted by Crippen LogP contribution is -2.53. The third-order valence-corrected chi connectivity index (χ3v) is 8.00. The summed E-state index contributed by atoms with van der Waals surface area (Å²) in [7, 11) is 1.57. The molecule has 1 saturated heterocycles. The molecule has 11 nitrogen and oxygen atoms in total. The fourth-order valence-electron chi connectivity index (χ4n) is 5.66. The number of carbonyl (C=O) groups excluding carboxylic acids is 1. The Morgan fingerprint density at radius 2 is 1.80 bits per heavy atom. The number of nitrogens with one attached hydrogen (secondary N) is 1. The molecule has 0 radical (unpaired) electrons. The number of alkyl halides is 3. The fraction of sp³-hybridized carbons (Fsp3) is 0.400. The van der Waals surface area contributed by atoms with E-state index < -0.39 is 59.4 Å². The summed E-state index contributed by atoms with van der Waals surface area (Å²) in [5.41, 5.74) is 0.0447. The summed E-state index contributed by atoms with van der Waals surface area (Å²) in [4.78, 5) is 52.1. The van der Waals surface area contributed by atoms with Crippen molar-refractivity contribution < 1.29 is 41.7 Å². The van der Waals surface area contributed by atoms with E-state index in [1.54, 1.807) is 7.05 Å². The number of carboxylic acid groups (broad SMARTS) is 1. The molecule has 45 heavy (non-hydrogen) atoms. The SMILES string of the molecule is Cc1cc(N2CCOC[C@@H]2C(F)(F)F)cc(F)c1C(=O)NC(Cc1ccc(-n2c(=O)c3c(n(C)c2=O)CCOC3)cc1)C(=O)O. The average molecular weight is 635 g/mol. The molecule has 0 spiro atoms. The number of aromatic nitrogens is 2. The van der Waals surface area contributed by atoms with E-state index in [0.29, 0.717) is 29.8 Å². The van der Waals surface area contributed by atoms with Crippen molar-refractivity contribution in [1.29, 1.82) is 0 Å². The van der Waals surface area contributed by atoms with E-state index in [-0.39, 0.29) is 43.1 Å². The van der Waals surface area contributed by atoms with E-state index in [0.717, 1.165) is 15.5 Å². The Hall–Kier alpha value is -4.50. The predicted octanol–water partition coefficient (Wildman–Crippen LogP) is 2.25. The molecule has 0 bridgehead atoms. The molecular formula is C30H30F4N4O7. The Balaban J connectivity index is 1.35. The van der Waals surface area contributed by atoms with Crippen LogP contribution in [-0.2, 0) is 40.8 Å². The van der Waals surface area contributed by atoms with Gasteiger partial charge in [0.2, 0.25) is 0 Å². The summed E-state index contributed by atoms with van der Waals surface area (Å²) >= 11 is 0. The maximum absolute atomic E-state index is 15.2. The van der Waals surface area contributed by atoms with Crippen LogP contribution in [0.15, 0.2) is 46.0 Å². The van der Waals surface area contributed by atoms with E-state index in [4.69, 9.17) is 9.47 Å². The van der Waals surface area contributed by atoms with Gasteiger partial charge in [0.1, 0.15) is 17.9 Å². The normalized spacial score (nSPS) is 17.5. The van der Waals surface area contributed by atoms with Gasteiger partial charge in [0, 0.05) is 37.8 Å². The number of hydrogen-bond donors (Lipinski definition) is 2. The summed E-state index contributed by atoms with van der Waals surface area (Å²) in [6, 6.07) is 4.50. The lowest BCUT2D eigenvalue weighted by molar-refractivity contribution is -0.167. The van der Waals surface area contributed by atoms with Gasteiger partial charge in [-0.15, -0.1) is 0 Å². The zero-order valence-electron chi connectivity index (χ0n) is 24.3.